The number of nitrogens with zero attached hydrogens (tertiary/aromatic N) is 1. The van der Waals surface area contributed by atoms with Gasteiger partial charge in [-0.15, -0.1) is 0 Å². The van der Waals surface area contributed by atoms with Crippen LogP contribution in [0.25, 0.3) is 0 Å². The van der Waals surface area contributed by atoms with Crippen LogP contribution in [-0.4, -0.2) is 30.3 Å². The molecule has 5 nitrogen and oxygen atoms in total. The van der Waals surface area contributed by atoms with Crippen molar-refractivity contribution in [1.29, 1.82) is 0 Å². The zero-order valence-electron chi connectivity index (χ0n) is 7.77. The van der Waals surface area contributed by atoms with Crippen molar-refractivity contribution in [1.82, 2.24) is 10.3 Å². The Morgan fingerprint density at radius 1 is 1.67 bits per heavy atom. The van der Waals surface area contributed by atoms with Crippen LogP contribution in [0.4, 0.5) is 4.79 Å². The molecule has 1 fully saturated rings. The minimum Gasteiger partial charge on any atom is -0.488 e. The molecule has 1 aliphatic heterocycles. The second-order valence-corrected chi connectivity index (χ2v) is 3.42. The SMILES string of the molecule is O=C1NCC(COc2ccc(Cl)nc2)O1. The zero-order valence-corrected chi connectivity index (χ0v) is 8.53. The number of hydrogen-bond donors (Lipinski definition) is 1. The molecule has 0 radical (unpaired) electrons. The molecule has 1 unspecified atom stereocenters. The first-order valence-corrected chi connectivity index (χ1v) is 4.80. The monoisotopic (exact) mass is 228 g/mol. The number of alkyl carbamates (subject to hydrolysis) is 1. The number of cyclic esters (lactones) is 1. The van der Waals surface area contributed by atoms with Crippen molar-refractivity contribution in [3.05, 3.63) is 23.5 Å². The zero-order chi connectivity index (χ0) is 10.7. The van der Waals surface area contributed by atoms with Gasteiger partial charge in [-0.05, 0) is 12.1 Å². The number of aromatic nitrogens is 1. The Kier molecular flexibility index (Phi) is 2.91. The molecule has 2 heterocycles. The maximum absolute atomic E-state index is 10.7. The highest BCUT2D eigenvalue weighted by Crippen LogP contribution is 2.13. The number of halogens is 1. The maximum atomic E-state index is 10.7. The van der Waals surface area contributed by atoms with Crippen molar-refractivity contribution in [3.63, 3.8) is 0 Å². The smallest absolute Gasteiger partial charge is 0.407 e. The van der Waals surface area contributed by atoms with Gasteiger partial charge in [0.1, 0.15) is 17.5 Å². The van der Waals surface area contributed by atoms with Gasteiger partial charge in [-0.25, -0.2) is 9.78 Å². The highest BCUT2D eigenvalue weighted by Gasteiger charge is 2.22. The van der Waals surface area contributed by atoms with Gasteiger partial charge in [0.25, 0.3) is 0 Å². The molecular weight excluding hydrogens is 220 g/mol. The quantitative estimate of drug-likeness (QED) is 0.791. The number of rotatable bonds is 3. The molecule has 1 amide bonds. The van der Waals surface area contributed by atoms with Gasteiger partial charge in [-0.2, -0.15) is 0 Å². The Morgan fingerprint density at radius 2 is 2.53 bits per heavy atom. The summed E-state index contributed by atoms with van der Waals surface area (Å²) in [5.41, 5.74) is 0. The van der Waals surface area contributed by atoms with Crippen molar-refractivity contribution in [2.75, 3.05) is 13.2 Å². The van der Waals surface area contributed by atoms with Gasteiger partial charge in [0.05, 0.1) is 12.7 Å². The van der Waals surface area contributed by atoms with E-state index in [1.807, 2.05) is 0 Å². The van der Waals surface area contributed by atoms with Crippen LogP contribution in [0, 0.1) is 0 Å². The van der Waals surface area contributed by atoms with Crippen molar-refractivity contribution < 1.29 is 14.3 Å². The molecule has 1 aromatic heterocycles. The van der Waals surface area contributed by atoms with E-state index in [-0.39, 0.29) is 6.10 Å². The summed E-state index contributed by atoms with van der Waals surface area (Å²) in [4.78, 5) is 14.5. The van der Waals surface area contributed by atoms with Crippen molar-refractivity contribution in [2.45, 2.75) is 6.10 Å². The molecule has 15 heavy (non-hydrogen) atoms. The van der Waals surface area contributed by atoms with E-state index < -0.39 is 6.09 Å². The van der Waals surface area contributed by atoms with Gasteiger partial charge >= 0.3 is 6.09 Å². The number of nitrogens with one attached hydrogen (secondary N) is 1. The van der Waals surface area contributed by atoms with Gasteiger partial charge in [-0.3, -0.25) is 0 Å². The first-order chi connectivity index (χ1) is 7.24. The lowest BCUT2D eigenvalue weighted by Gasteiger charge is -2.09. The van der Waals surface area contributed by atoms with Gasteiger partial charge in [0, 0.05) is 0 Å². The van der Waals surface area contributed by atoms with Gasteiger partial charge in [0.2, 0.25) is 0 Å². The van der Waals surface area contributed by atoms with Crippen LogP contribution in [0.1, 0.15) is 0 Å². The Labute approximate surface area is 91.3 Å². The van der Waals surface area contributed by atoms with E-state index in [1.54, 1.807) is 12.1 Å². The topological polar surface area (TPSA) is 60.5 Å². The number of carbonyl (C=O) groups is 1. The fourth-order valence-corrected chi connectivity index (χ4v) is 1.27. The predicted molar refractivity (Wildman–Crippen MR) is 53.0 cm³/mol. The van der Waals surface area contributed by atoms with E-state index >= 15 is 0 Å². The summed E-state index contributed by atoms with van der Waals surface area (Å²) in [6.07, 6.45) is 0.873. The first kappa shape index (κ1) is 10.0. The molecule has 0 bridgehead atoms. The third-order valence-electron chi connectivity index (χ3n) is 1.88. The fraction of sp³-hybridized carbons (Fsp3) is 0.333. The average molecular weight is 229 g/mol. The van der Waals surface area contributed by atoms with Gasteiger partial charge < -0.3 is 14.8 Å². The lowest BCUT2D eigenvalue weighted by atomic mass is 10.4. The minimum absolute atomic E-state index is 0.242. The largest absolute Gasteiger partial charge is 0.488 e. The molecule has 6 heteroatoms. The van der Waals surface area contributed by atoms with E-state index in [9.17, 15) is 4.79 Å². The Hall–Kier alpha value is -1.49. The molecule has 2 rings (SSSR count). The Balaban J connectivity index is 1.83. The molecule has 1 aromatic rings. The van der Waals surface area contributed by atoms with Crippen LogP contribution < -0.4 is 10.1 Å². The van der Waals surface area contributed by atoms with Crippen molar-refractivity contribution in [2.24, 2.45) is 0 Å². The lowest BCUT2D eigenvalue weighted by Crippen LogP contribution is -2.21. The molecule has 80 valence electrons. The molecule has 1 aliphatic rings. The average Bonchev–Trinajstić information content (AvgIpc) is 2.64. The Bertz CT molecular complexity index is 355. The number of amides is 1. The van der Waals surface area contributed by atoms with Crippen molar-refractivity contribution in [3.8, 4) is 5.75 Å². The Morgan fingerprint density at radius 3 is 3.13 bits per heavy atom. The summed E-state index contributed by atoms with van der Waals surface area (Å²) in [7, 11) is 0. The molecule has 0 aromatic carbocycles. The summed E-state index contributed by atoms with van der Waals surface area (Å²) >= 11 is 5.61. The third kappa shape index (κ3) is 2.73. The summed E-state index contributed by atoms with van der Waals surface area (Å²) in [5.74, 6) is 0.599. The predicted octanol–water partition coefficient (Wildman–Crippen LogP) is 1.22. The summed E-state index contributed by atoms with van der Waals surface area (Å²) in [6.45, 7) is 0.780. The minimum atomic E-state index is -0.405. The van der Waals surface area contributed by atoms with E-state index in [0.29, 0.717) is 24.1 Å². The molecule has 0 saturated carbocycles. The fourth-order valence-electron chi connectivity index (χ4n) is 1.16. The van der Waals surface area contributed by atoms with E-state index in [4.69, 9.17) is 21.1 Å². The molecule has 1 atom stereocenters. The van der Waals surface area contributed by atoms with Gasteiger partial charge in [0.15, 0.2) is 6.10 Å². The van der Waals surface area contributed by atoms with E-state index in [0.717, 1.165) is 0 Å². The highest BCUT2D eigenvalue weighted by molar-refractivity contribution is 6.29. The second kappa shape index (κ2) is 4.35. The van der Waals surface area contributed by atoms with Crippen LogP contribution in [0.2, 0.25) is 5.15 Å². The number of pyridine rings is 1. The van der Waals surface area contributed by atoms with Crippen LogP contribution in [0.5, 0.6) is 5.75 Å². The highest BCUT2D eigenvalue weighted by atomic mass is 35.5. The van der Waals surface area contributed by atoms with Crippen LogP contribution >= 0.6 is 11.6 Å². The molecule has 1 saturated heterocycles. The number of carbonyl (C=O) groups excluding carboxylic acids is 1. The van der Waals surface area contributed by atoms with E-state index in [1.165, 1.54) is 6.20 Å². The molecule has 0 spiro atoms. The summed E-state index contributed by atoms with van der Waals surface area (Å²) in [6, 6.07) is 3.34. The van der Waals surface area contributed by atoms with Crippen molar-refractivity contribution >= 4 is 17.7 Å². The van der Waals surface area contributed by atoms with Gasteiger partial charge in [-0.1, -0.05) is 11.6 Å². The first-order valence-electron chi connectivity index (χ1n) is 4.43. The summed E-state index contributed by atoms with van der Waals surface area (Å²) < 4.78 is 10.2. The summed E-state index contributed by atoms with van der Waals surface area (Å²) in [5, 5.41) is 2.95. The van der Waals surface area contributed by atoms with E-state index in [2.05, 4.69) is 10.3 Å². The molecule has 1 N–H and O–H groups in total. The normalized spacial score (nSPS) is 19.5. The lowest BCUT2D eigenvalue weighted by molar-refractivity contribution is 0.104. The standard InChI is InChI=1S/C9H9ClN2O3/c10-8-2-1-6(3-11-8)14-5-7-4-12-9(13)15-7/h1-3,7H,4-5H2,(H,12,13). The third-order valence-corrected chi connectivity index (χ3v) is 2.11. The van der Waals surface area contributed by atoms with Crippen LogP contribution in [-0.2, 0) is 4.74 Å². The molecular formula is C9H9ClN2O3. The number of ether oxygens (including phenoxy) is 2. The number of hydrogen-bond acceptors (Lipinski definition) is 4. The maximum Gasteiger partial charge on any atom is 0.407 e. The second-order valence-electron chi connectivity index (χ2n) is 3.04. The van der Waals surface area contributed by atoms with Crippen LogP contribution in [0.15, 0.2) is 18.3 Å². The van der Waals surface area contributed by atoms with Crippen LogP contribution in [0.3, 0.4) is 0 Å². The molecule has 0 aliphatic carbocycles.